The van der Waals surface area contributed by atoms with Crippen LogP contribution in [0.1, 0.15) is 47.0 Å². The lowest BCUT2D eigenvalue weighted by Gasteiger charge is -2.25. The number of aliphatic hydroxyl groups is 1. The molecular formula is C13H27NO2. The van der Waals surface area contributed by atoms with Gasteiger partial charge in [0.05, 0.1) is 11.7 Å². The molecule has 0 saturated carbocycles. The second kappa shape index (κ2) is 5.99. The highest BCUT2D eigenvalue weighted by molar-refractivity contribution is 4.83. The smallest absolute Gasteiger partial charge is 0.0707 e. The molecule has 0 aliphatic carbocycles. The van der Waals surface area contributed by atoms with Crippen molar-refractivity contribution in [3.05, 3.63) is 0 Å². The maximum Gasteiger partial charge on any atom is 0.0707 e. The minimum Gasteiger partial charge on any atom is -0.396 e. The summed E-state index contributed by atoms with van der Waals surface area (Å²) < 4.78 is 5.93. The number of hydrogen-bond acceptors (Lipinski definition) is 3. The Kier molecular flexibility index (Phi) is 5.22. The Morgan fingerprint density at radius 3 is 2.56 bits per heavy atom. The van der Waals surface area contributed by atoms with Gasteiger partial charge in [0.2, 0.25) is 0 Å². The Labute approximate surface area is 99.6 Å². The summed E-state index contributed by atoms with van der Waals surface area (Å²) in [5.74, 6) is 0.557. The second-order valence-electron chi connectivity index (χ2n) is 5.81. The van der Waals surface area contributed by atoms with Crippen molar-refractivity contribution in [3.63, 3.8) is 0 Å². The first-order valence-corrected chi connectivity index (χ1v) is 6.46. The van der Waals surface area contributed by atoms with Gasteiger partial charge in [-0.25, -0.2) is 0 Å². The van der Waals surface area contributed by atoms with Gasteiger partial charge in [0.25, 0.3) is 0 Å². The van der Waals surface area contributed by atoms with Crippen molar-refractivity contribution in [3.8, 4) is 0 Å². The Bertz CT molecular complexity index is 204. The number of nitrogens with one attached hydrogen (secondary N) is 1. The standard InChI is InChI=1S/C13H27NO2/c1-10(2)12(6-8-15)14-9-11-5-7-13(3,4)16-11/h10-12,14-15H,5-9H2,1-4H3. The predicted octanol–water partition coefficient (Wildman–Crippen LogP) is 1.94. The van der Waals surface area contributed by atoms with Crippen molar-refractivity contribution >= 4 is 0 Å². The van der Waals surface area contributed by atoms with Gasteiger partial charge in [-0.05, 0) is 39.0 Å². The van der Waals surface area contributed by atoms with Gasteiger partial charge in [0.1, 0.15) is 0 Å². The molecule has 96 valence electrons. The largest absolute Gasteiger partial charge is 0.396 e. The quantitative estimate of drug-likeness (QED) is 0.731. The molecule has 0 aromatic heterocycles. The van der Waals surface area contributed by atoms with Gasteiger partial charge < -0.3 is 15.2 Å². The van der Waals surface area contributed by atoms with E-state index < -0.39 is 0 Å². The molecular weight excluding hydrogens is 202 g/mol. The first kappa shape index (κ1) is 13.9. The first-order valence-electron chi connectivity index (χ1n) is 6.46. The summed E-state index contributed by atoms with van der Waals surface area (Å²) in [6.07, 6.45) is 3.46. The lowest BCUT2D eigenvalue weighted by atomic mass is 10.0. The molecule has 3 heteroatoms. The minimum atomic E-state index is 0.0522. The molecule has 1 fully saturated rings. The molecule has 0 aromatic carbocycles. The van der Waals surface area contributed by atoms with Crippen LogP contribution >= 0.6 is 0 Å². The molecule has 1 heterocycles. The monoisotopic (exact) mass is 229 g/mol. The second-order valence-corrected chi connectivity index (χ2v) is 5.81. The van der Waals surface area contributed by atoms with Crippen molar-refractivity contribution in [1.29, 1.82) is 0 Å². The molecule has 1 aliphatic rings. The van der Waals surface area contributed by atoms with E-state index >= 15 is 0 Å². The lowest BCUT2D eigenvalue weighted by Crippen LogP contribution is -2.40. The average Bonchev–Trinajstić information content (AvgIpc) is 2.52. The van der Waals surface area contributed by atoms with Gasteiger partial charge >= 0.3 is 0 Å². The first-order chi connectivity index (χ1) is 7.44. The van der Waals surface area contributed by atoms with Crippen LogP contribution in [-0.2, 0) is 4.74 Å². The normalized spacial score (nSPS) is 26.2. The van der Waals surface area contributed by atoms with Crippen LogP contribution in [-0.4, -0.2) is 36.0 Å². The zero-order valence-corrected chi connectivity index (χ0v) is 11.1. The van der Waals surface area contributed by atoms with Crippen LogP contribution in [0.3, 0.4) is 0 Å². The van der Waals surface area contributed by atoms with E-state index in [4.69, 9.17) is 9.84 Å². The molecule has 2 unspecified atom stereocenters. The SMILES string of the molecule is CC(C)C(CCO)NCC1CCC(C)(C)O1. The summed E-state index contributed by atoms with van der Waals surface area (Å²) in [6, 6.07) is 0.400. The summed E-state index contributed by atoms with van der Waals surface area (Å²) in [4.78, 5) is 0. The summed E-state index contributed by atoms with van der Waals surface area (Å²) >= 11 is 0. The third-order valence-electron chi connectivity index (χ3n) is 3.41. The minimum absolute atomic E-state index is 0.0522. The van der Waals surface area contributed by atoms with Gasteiger partial charge in [-0.15, -0.1) is 0 Å². The molecule has 2 N–H and O–H groups in total. The van der Waals surface area contributed by atoms with E-state index in [0.29, 0.717) is 18.1 Å². The molecule has 16 heavy (non-hydrogen) atoms. The fourth-order valence-electron chi connectivity index (χ4n) is 2.31. The van der Waals surface area contributed by atoms with Gasteiger partial charge in [0, 0.05) is 19.2 Å². The fourth-order valence-corrected chi connectivity index (χ4v) is 2.31. The third kappa shape index (κ3) is 4.40. The van der Waals surface area contributed by atoms with Crippen LogP contribution in [0.2, 0.25) is 0 Å². The van der Waals surface area contributed by atoms with Crippen molar-refractivity contribution in [2.24, 2.45) is 5.92 Å². The Morgan fingerprint density at radius 1 is 1.44 bits per heavy atom. The maximum absolute atomic E-state index is 8.99. The third-order valence-corrected chi connectivity index (χ3v) is 3.41. The van der Waals surface area contributed by atoms with Crippen molar-refractivity contribution in [2.45, 2.75) is 64.7 Å². The Balaban J connectivity index is 2.27. The van der Waals surface area contributed by atoms with Gasteiger partial charge in [-0.1, -0.05) is 13.8 Å². The predicted molar refractivity (Wildman–Crippen MR) is 66.5 cm³/mol. The molecule has 0 aromatic rings. The molecule has 0 amide bonds. The summed E-state index contributed by atoms with van der Waals surface area (Å²) in [6.45, 7) is 9.85. The molecule has 3 nitrogen and oxygen atoms in total. The van der Waals surface area contributed by atoms with Crippen molar-refractivity contribution in [2.75, 3.05) is 13.2 Å². The summed E-state index contributed by atoms with van der Waals surface area (Å²) in [5.41, 5.74) is 0.0522. The van der Waals surface area contributed by atoms with Crippen LogP contribution in [0.25, 0.3) is 0 Å². The van der Waals surface area contributed by atoms with Crippen LogP contribution in [0.5, 0.6) is 0 Å². The number of rotatable bonds is 6. The highest BCUT2D eigenvalue weighted by Crippen LogP contribution is 2.28. The highest BCUT2D eigenvalue weighted by atomic mass is 16.5. The zero-order valence-electron chi connectivity index (χ0n) is 11.1. The van der Waals surface area contributed by atoms with E-state index in [1.54, 1.807) is 0 Å². The molecule has 0 bridgehead atoms. The van der Waals surface area contributed by atoms with Gasteiger partial charge in [-0.3, -0.25) is 0 Å². The van der Waals surface area contributed by atoms with Gasteiger partial charge in [0.15, 0.2) is 0 Å². The van der Waals surface area contributed by atoms with Crippen LogP contribution in [0.4, 0.5) is 0 Å². The van der Waals surface area contributed by atoms with Crippen molar-refractivity contribution < 1.29 is 9.84 Å². The number of aliphatic hydroxyl groups excluding tert-OH is 1. The zero-order chi connectivity index (χ0) is 12.2. The fraction of sp³-hybridized carbons (Fsp3) is 1.00. The number of hydrogen-bond donors (Lipinski definition) is 2. The van der Waals surface area contributed by atoms with Crippen molar-refractivity contribution in [1.82, 2.24) is 5.32 Å². The topological polar surface area (TPSA) is 41.5 Å². The van der Waals surface area contributed by atoms with E-state index in [9.17, 15) is 0 Å². The summed E-state index contributed by atoms with van der Waals surface area (Å²) in [7, 11) is 0. The molecule has 1 saturated heterocycles. The van der Waals surface area contributed by atoms with Crippen LogP contribution in [0.15, 0.2) is 0 Å². The van der Waals surface area contributed by atoms with Crippen LogP contribution in [0, 0.1) is 5.92 Å². The Morgan fingerprint density at radius 2 is 2.12 bits per heavy atom. The Hall–Kier alpha value is -0.120. The van der Waals surface area contributed by atoms with E-state index in [1.807, 2.05) is 0 Å². The molecule has 1 rings (SSSR count). The molecule has 0 spiro atoms. The molecule has 0 radical (unpaired) electrons. The lowest BCUT2D eigenvalue weighted by molar-refractivity contribution is -0.0159. The van der Waals surface area contributed by atoms with E-state index in [1.165, 1.54) is 0 Å². The highest BCUT2D eigenvalue weighted by Gasteiger charge is 2.31. The summed E-state index contributed by atoms with van der Waals surface area (Å²) in [5, 5.41) is 12.5. The molecule has 1 aliphatic heterocycles. The van der Waals surface area contributed by atoms with Gasteiger partial charge in [-0.2, -0.15) is 0 Å². The average molecular weight is 229 g/mol. The van der Waals surface area contributed by atoms with Crippen LogP contribution < -0.4 is 5.32 Å². The number of ether oxygens (including phenoxy) is 1. The maximum atomic E-state index is 8.99. The van der Waals surface area contributed by atoms with E-state index in [2.05, 4.69) is 33.0 Å². The molecule has 2 atom stereocenters. The van der Waals surface area contributed by atoms with E-state index in [-0.39, 0.29) is 12.2 Å². The van der Waals surface area contributed by atoms with E-state index in [0.717, 1.165) is 25.8 Å².